The van der Waals surface area contributed by atoms with Crippen LogP contribution in [0.2, 0.25) is 0 Å². The van der Waals surface area contributed by atoms with E-state index in [0.29, 0.717) is 12.0 Å². The molecular weight excluding hydrogens is 456 g/mol. The molecule has 1 atom stereocenters. The van der Waals surface area contributed by atoms with Gasteiger partial charge in [-0.25, -0.2) is 0 Å². The van der Waals surface area contributed by atoms with Crippen LogP contribution in [0.25, 0.3) is 11.1 Å². The van der Waals surface area contributed by atoms with E-state index in [2.05, 4.69) is 60.4 Å². The summed E-state index contributed by atoms with van der Waals surface area (Å²) in [5, 5.41) is 9.59. The van der Waals surface area contributed by atoms with Crippen LogP contribution < -0.4 is 15.4 Å². The molecule has 1 aliphatic carbocycles. The first-order valence-corrected chi connectivity index (χ1v) is 14.2. The van der Waals surface area contributed by atoms with Gasteiger partial charge < -0.3 is 20.5 Å². The molecule has 0 radical (unpaired) electrons. The van der Waals surface area contributed by atoms with Gasteiger partial charge in [0.05, 0.1) is 12.6 Å². The molecule has 0 amide bonds. The number of ether oxygens (including phenoxy) is 1. The van der Waals surface area contributed by atoms with E-state index >= 15 is 0 Å². The lowest BCUT2D eigenvalue weighted by Crippen LogP contribution is -2.41. The number of para-hydroxylation sites is 1. The first-order chi connectivity index (χ1) is 18.1. The van der Waals surface area contributed by atoms with Crippen molar-refractivity contribution in [3.63, 3.8) is 0 Å². The summed E-state index contributed by atoms with van der Waals surface area (Å²) in [6, 6.07) is 23.1. The maximum atomic E-state index is 9.59. The van der Waals surface area contributed by atoms with Gasteiger partial charge >= 0.3 is 0 Å². The summed E-state index contributed by atoms with van der Waals surface area (Å²) in [4.78, 5) is 2.58. The smallest absolute Gasteiger partial charge is 0.122 e. The zero-order chi connectivity index (χ0) is 25.7. The second kappa shape index (κ2) is 11.7. The predicted octanol–water partition coefficient (Wildman–Crippen LogP) is 7.04. The monoisotopic (exact) mass is 498 g/mol. The number of aryl methyl sites for hydroxylation is 1. The van der Waals surface area contributed by atoms with Gasteiger partial charge in [0.2, 0.25) is 0 Å². The van der Waals surface area contributed by atoms with E-state index in [0.717, 1.165) is 36.4 Å². The molecule has 5 rings (SSSR count). The van der Waals surface area contributed by atoms with E-state index in [1.54, 1.807) is 0 Å². The van der Waals surface area contributed by atoms with Crippen molar-refractivity contribution in [2.45, 2.75) is 70.9 Å². The fourth-order valence-corrected chi connectivity index (χ4v) is 6.30. The van der Waals surface area contributed by atoms with Crippen molar-refractivity contribution in [3.05, 3.63) is 83.4 Å². The first-order valence-electron chi connectivity index (χ1n) is 14.2. The van der Waals surface area contributed by atoms with Gasteiger partial charge in [-0.15, -0.1) is 0 Å². The van der Waals surface area contributed by atoms with E-state index in [4.69, 9.17) is 10.5 Å². The maximum Gasteiger partial charge on any atom is 0.122 e. The molecule has 0 aromatic heterocycles. The molecule has 3 N–H and O–H groups in total. The lowest BCUT2D eigenvalue weighted by Gasteiger charge is -2.45. The van der Waals surface area contributed by atoms with Crippen LogP contribution in [0.5, 0.6) is 5.75 Å². The Bertz CT molecular complexity index is 1170. The summed E-state index contributed by atoms with van der Waals surface area (Å²) >= 11 is 0. The van der Waals surface area contributed by atoms with Gasteiger partial charge in [0.15, 0.2) is 0 Å². The van der Waals surface area contributed by atoms with Gasteiger partial charge in [-0.05, 0) is 95.7 Å². The Hall–Kier alpha value is -2.82. The number of aliphatic hydroxyl groups is 1. The molecule has 1 heterocycles. The third-order valence-corrected chi connectivity index (χ3v) is 8.67. The number of nitrogens with zero attached hydrogens (tertiary/aromatic N) is 1. The molecule has 3 aromatic carbocycles. The first kappa shape index (κ1) is 25.8. The van der Waals surface area contributed by atoms with Gasteiger partial charge in [0.1, 0.15) is 12.4 Å². The van der Waals surface area contributed by atoms with Gasteiger partial charge in [0.25, 0.3) is 0 Å². The van der Waals surface area contributed by atoms with Crippen molar-refractivity contribution in [2.75, 3.05) is 24.6 Å². The second-order valence-corrected chi connectivity index (χ2v) is 11.1. The molecule has 196 valence electrons. The number of nitrogens with two attached hydrogens (primary N) is 1. The zero-order valence-electron chi connectivity index (χ0n) is 22.3. The molecule has 1 aliphatic heterocycles. The number of anilines is 1. The third-order valence-electron chi connectivity index (χ3n) is 8.67. The molecular formula is C33H42N2O2. The number of hydrogen-bond acceptors (Lipinski definition) is 4. The maximum absolute atomic E-state index is 9.59. The highest BCUT2D eigenvalue weighted by atomic mass is 16.5. The van der Waals surface area contributed by atoms with Crippen LogP contribution in [0.3, 0.4) is 0 Å². The normalized spacial score (nSPS) is 18.1. The molecule has 3 aromatic rings. The van der Waals surface area contributed by atoms with E-state index in [1.165, 1.54) is 67.3 Å². The standard InChI is InChI=1S/C33H42N2O2/c1-2-26-9-4-5-12-32(26)37-24-25-19-29(27-10-8-11-28(21-27)31(34)23-36)22-30(20-25)35-17-15-33(16-18-35)13-6-3-7-14-33/h4-5,8-12,19-22,31,36H,2-3,6-7,13-18,23-24,34H2,1H3/t31-/m0/s1. The van der Waals surface area contributed by atoms with Gasteiger partial charge in [-0.2, -0.15) is 0 Å². The van der Waals surface area contributed by atoms with Crippen LogP contribution in [0.4, 0.5) is 5.69 Å². The minimum atomic E-state index is -0.370. The van der Waals surface area contributed by atoms with E-state index in [9.17, 15) is 5.11 Å². The number of rotatable bonds is 8. The lowest BCUT2D eigenvalue weighted by molar-refractivity contribution is 0.144. The van der Waals surface area contributed by atoms with Crippen molar-refractivity contribution in [1.82, 2.24) is 0 Å². The summed E-state index contributed by atoms with van der Waals surface area (Å²) < 4.78 is 6.35. The molecule has 1 saturated heterocycles. The van der Waals surface area contributed by atoms with Crippen molar-refractivity contribution >= 4 is 5.69 Å². The van der Waals surface area contributed by atoms with E-state index in [1.807, 2.05) is 18.2 Å². The Morgan fingerprint density at radius 1 is 0.892 bits per heavy atom. The minimum absolute atomic E-state index is 0.0606. The summed E-state index contributed by atoms with van der Waals surface area (Å²) in [6.07, 6.45) is 10.6. The molecule has 4 heteroatoms. The number of aliphatic hydroxyl groups excluding tert-OH is 1. The second-order valence-electron chi connectivity index (χ2n) is 11.1. The molecule has 1 spiro atoms. The Kier molecular flexibility index (Phi) is 8.17. The Morgan fingerprint density at radius 3 is 2.43 bits per heavy atom. The highest BCUT2D eigenvalue weighted by Gasteiger charge is 2.35. The van der Waals surface area contributed by atoms with E-state index < -0.39 is 0 Å². The van der Waals surface area contributed by atoms with Crippen LogP contribution in [0.1, 0.15) is 74.6 Å². The summed E-state index contributed by atoms with van der Waals surface area (Å²) in [7, 11) is 0. The molecule has 0 bridgehead atoms. The highest BCUT2D eigenvalue weighted by molar-refractivity contribution is 5.70. The van der Waals surface area contributed by atoms with Crippen LogP contribution in [-0.2, 0) is 13.0 Å². The van der Waals surface area contributed by atoms with Crippen molar-refractivity contribution in [1.29, 1.82) is 0 Å². The van der Waals surface area contributed by atoms with Crippen molar-refractivity contribution < 1.29 is 9.84 Å². The van der Waals surface area contributed by atoms with Crippen LogP contribution in [-0.4, -0.2) is 24.8 Å². The Morgan fingerprint density at radius 2 is 1.68 bits per heavy atom. The van der Waals surface area contributed by atoms with Crippen LogP contribution in [0.15, 0.2) is 66.7 Å². The Balaban J connectivity index is 1.43. The minimum Gasteiger partial charge on any atom is -0.489 e. The highest BCUT2D eigenvalue weighted by Crippen LogP contribution is 2.45. The lowest BCUT2D eigenvalue weighted by atomic mass is 9.68. The Labute approximate surface area is 222 Å². The molecule has 4 nitrogen and oxygen atoms in total. The zero-order valence-corrected chi connectivity index (χ0v) is 22.3. The van der Waals surface area contributed by atoms with Crippen LogP contribution in [0, 0.1) is 5.41 Å². The fourth-order valence-electron chi connectivity index (χ4n) is 6.30. The largest absolute Gasteiger partial charge is 0.489 e. The quantitative estimate of drug-likeness (QED) is 0.350. The van der Waals surface area contributed by atoms with Gasteiger partial charge in [-0.3, -0.25) is 0 Å². The van der Waals surface area contributed by atoms with E-state index in [-0.39, 0.29) is 12.6 Å². The summed E-state index contributed by atoms with van der Waals surface area (Å²) in [5.74, 6) is 0.963. The number of hydrogen-bond donors (Lipinski definition) is 2. The van der Waals surface area contributed by atoms with Crippen molar-refractivity contribution in [3.8, 4) is 16.9 Å². The predicted molar refractivity (Wildman–Crippen MR) is 153 cm³/mol. The average Bonchev–Trinajstić information content (AvgIpc) is 2.96. The fraction of sp³-hybridized carbons (Fsp3) is 0.455. The summed E-state index contributed by atoms with van der Waals surface area (Å²) in [6.45, 7) is 4.89. The number of piperidine rings is 1. The molecule has 2 fully saturated rings. The number of benzene rings is 3. The molecule has 37 heavy (non-hydrogen) atoms. The van der Waals surface area contributed by atoms with Crippen LogP contribution >= 0.6 is 0 Å². The van der Waals surface area contributed by atoms with Gasteiger partial charge in [0, 0.05) is 18.8 Å². The summed E-state index contributed by atoms with van der Waals surface area (Å²) in [5.41, 5.74) is 13.7. The molecule has 1 saturated carbocycles. The van der Waals surface area contributed by atoms with Crippen molar-refractivity contribution in [2.24, 2.45) is 11.1 Å². The SMILES string of the molecule is CCc1ccccc1OCc1cc(-c2cccc([C@@H](N)CO)c2)cc(N2CCC3(CCCCC3)CC2)c1. The molecule has 2 aliphatic rings. The molecule has 0 unspecified atom stereocenters. The average molecular weight is 499 g/mol. The van der Waals surface area contributed by atoms with Gasteiger partial charge in [-0.1, -0.05) is 62.6 Å². The third kappa shape index (κ3) is 6.02. The topological polar surface area (TPSA) is 58.7 Å².